The summed E-state index contributed by atoms with van der Waals surface area (Å²) in [5, 5.41) is 4.14. The van der Waals surface area contributed by atoms with Crippen LogP contribution in [0.5, 0.6) is 0 Å². The van der Waals surface area contributed by atoms with Gasteiger partial charge in [-0.3, -0.25) is 9.97 Å². The lowest BCUT2D eigenvalue weighted by Crippen LogP contribution is -2.43. The predicted molar refractivity (Wildman–Crippen MR) is 147 cm³/mol. The number of aromatic nitrogens is 2. The minimum absolute atomic E-state index is 0.296. The molecule has 4 heterocycles. The van der Waals surface area contributed by atoms with Crippen molar-refractivity contribution in [3.05, 3.63) is 48.8 Å². The molecule has 2 aromatic carbocycles. The normalized spacial score (nSPS) is 22.2. The molecular formula is C28H33B2N2O4+. The Bertz CT molecular complexity index is 1390. The molecule has 6 rings (SSSR count). The first-order chi connectivity index (χ1) is 16.8. The van der Waals surface area contributed by atoms with E-state index in [9.17, 15) is 0 Å². The predicted octanol–water partition coefficient (Wildman–Crippen LogP) is 4.05. The first kappa shape index (κ1) is 23.9. The Morgan fingerprint density at radius 3 is 1.69 bits per heavy atom. The summed E-state index contributed by atoms with van der Waals surface area (Å²) in [5.74, 6) is 0. The molecule has 6 nitrogen and oxygen atoms in total. The molecule has 184 valence electrons. The van der Waals surface area contributed by atoms with E-state index < -0.39 is 18.3 Å². The first-order valence-electron chi connectivity index (χ1n) is 12.7. The second kappa shape index (κ2) is 7.51. The lowest BCUT2D eigenvalue weighted by atomic mass is 9.75. The molecular weight excluding hydrogens is 450 g/mol. The van der Waals surface area contributed by atoms with E-state index in [0.717, 1.165) is 43.5 Å². The summed E-state index contributed by atoms with van der Waals surface area (Å²) in [7, 11) is -0.812. The van der Waals surface area contributed by atoms with Crippen molar-refractivity contribution in [3.8, 4) is 0 Å². The average molecular weight is 483 g/mol. The average Bonchev–Trinajstić information content (AvgIpc) is 3.16. The Labute approximate surface area is 213 Å². The zero-order chi connectivity index (χ0) is 25.7. The van der Waals surface area contributed by atoms with Crippen LogP contribution in [0.1, 0.15) is 55.4 Å². The highest BCUT2D eigenvalue weighted by Gasteiger charge is 2.59. The second-order valence-electron chi connectivity index (χ2n) is 12.1. The largest absolute Gasteiger partial charge is 0.733 e. The maximum absolute atomic E-state index is 6.44. The van der Waals surface area contributed by atoms with Crippen molar-refractivity contribution in [1.29, 1.82) is 0 Å². The highest BCUT2D eigenvalue weighted by atomic mass is 16.7. The minimum atomic E-state index is -0.466. The third kappa shape index (κ3) is 3.35. The van der Waals surface area contributed by atoms with Gasteiger partial charge < -0.3 is 18.6 Å². The minimum Gasteiger partial charge on any atom is -0.505 e. The molecule has 0 spiro atoms. The molecule has 2 aliphatic rings. The standard InChI is InChI=1S/C28H32B2N2O4/c1-25(2)26(3,4)34-29(33-25)20-13-15-31-23-18(20)11-9-17-10-12-19-21(14-16-32-24(19)22(17)23)30-35-27(5,6)28(7,8)36-30/h9-16H,1-8H3/p+1. The summed E-state index contributed by atoms with van der Waals surface area (Å²) in [4.78, 5) is 9.67. The molecule has 2 fully saturated rings. The van der Waals surface area contributed by atoms with Gasteiger partial charge in [0.05, 0.1) is 27.7 Å². The fourth-order valence-electron chi connectivity index (χ4n) is 5.10. The van der Waals surface area contributed by atoms with Gasteiger partial charge in [0.25, 0.3) is 0 Å². The fourth-order valence-corrected chi connectivity index (χ4v) is 5.10. The Kier molecular flexibility index (Phi) is 4.98. The summed E-state index contributed by atoms with van der Waals surface area (Å²) in [6.07, 6.45) is 3.69. The smallest absolute Gasteiger partial charge is 0.505 e. The van der Waals surface area contributed by atoms with E-state index in [-0.39, 0.29) is 18.3 Å². The van der Waals surface area contributed by atoms with Gasteiger partial charge in [-0.1, -0.05) is 24.3 Å². The van der Waals surface area contributed by atoms with E-state index in [0.29, 0.717) is 0 Å². The van der Waals surface area contributed by atoms with Gasteiger partial charge in [-0.15, -0.1) is 0 Å². The zero-order valence-corrected chi connectivity index (χ0v) is 22.3. The SMILES string of the molecule is CC1(C)OB(c2ccnc3c2ccc2ccc4c(B5OC(C)(C)C(C)(C)[OH+]5)ccnc4c23)OC1(C)C. The number of fused-ring (bicyclic) bond motifs is 5. The Morgan fingerprint density at radius 2 is 1.17 bits per heavy atom. The van der Waals surface area contributed by atoms with Gasteiger partial charge in [0.2, 0.25) is 0 Å². The monoisotopic (exact) mass is 483 g/mol. The third-order valence-corrected chi connectivity index (χ3v) is 8.76. The molecule has 1 N–H and O–H groups in total. The molecule has 0 unspecified atom stereocenters. The van der Waals surface area contributed by atoms with Crippen molar-refractivity contribution >= 4 is 57.7 Å². The van der Waals surface area contributed by atoms with Crippen LogP contribution in [0.3, 0.4) is 0 Å². The molecule has 0 radical (unpaired) electrons. The van der Waals surface area contributed by atoms with Crippen LogP contribution in [0, 0.1) is 0 Å². The topological polar surface area (TPSA) is 66.3 Å². The third-order valence-electron chi connectivity index (χ3n) is 8.76. The number of hydrogen-bond donors (Lipinski definition) is 0. The molecule has 2 aliphatic heterocycles. The Morgan fingerprint density at radius 1 is 0.639 bits per heavy atom. The van der Waals surface area contributed by atoms with Gasteiger partial charge in [0, 0.05) is 42.4 Å². The van der Waals surface area contributed by atoms with Crippen LogP contribution in [-0.2, 0) is 14.0 Å². The van der Waals surface area contributed by atoms with E-state index in [1.807, 2.05) is 24.5 Å². The van der Waals surface area contributed by atoms with Crippen LogP contribution in [0.2, 0.25) is 0 Å². The second-order valence-corrected chi connectivity index (χ2v) is 12.1. The van der Waals surface area contributed by atoms with Gasteiger partial charge in [-0.05, 0) is 64.5 Å². The molecule has 36 heavy (non-hydrogen) atoms. The maximum Gasteiger partial charge on any atom is 0.733 e. The van der Waals surface area contributed by atoms with E-state index in [2.05, 4.69) is 79.7 Å². The number of hydrogen-bond acceptors (Lipinski definition) is 5. The highest BCUT2D eigenvalue weighted by Crippen LogP contribution is 2.38. The zero-order valence-electron chi connectivity index (χ0n) is 22.3. The first-order valence-corrected chi connectivity index (χ1v) is 12.7. The summed E-state index contributed by atoms with van der Waals surface area (Å²) in [6, 6.07) is 12.5. The van der Waals surface area contributed by atoms with E-state index in [1.54, 1.807) is 0 Å². The van der Waals surface area contributed by atoms with Crippen LogP contribution < -0.4 is 10.9 Å². The van der Waals surface area contributed by atoms with Gasteiger partial charge in [-0.2, -0.15) is 0 Å². The summed E-state index contributed by atoms with van der Waals surface area (Å²) in [5.41, 5.74) is 2.30. The number of pyridine rings is 2. The lowest BCUT2D eigenvalue weighted by molar-refractivity contribution is -0.0705. The van der Waals surface area contributed by atoms with Crippen LogP contribution >= 0.6 is 0 Å². The number of aliphatic hydroxyl groups is 1. The molecule has 8 heteroatoms. The number of benzene rings is 2. The molecule has 0 aliphatic carbocycles. The van der Waals surface area contributed by atoms with E-state index >= 15 is 0 Å². The molecule has 4 aromatic rings. The number of rotatable bonds is 2. The van der Waals surface area contributed by atoms with Crippen molar-refractivity contribution in [3.63, 3.8) is 0 Å². The van der Waals surface area contributed by atoms with E-state index in [4.69, 9.17) is 28.6 Å². The van der Waals surface area contributed by atoms with E-state index in [1.165, 1.54) is 0 Å². The van der Waals surface area contributed by atoms with Crippen LogP contribution in [0.15, 0.2) is 48.8 Å². The molecule has 0 atom stereocenters. The van der Waals surface area contributed by atoms with Crippen molar-refractivity contribution in [2.75, 3.05) is 0 Å². The van der Waals surface area contributed by atoms with Crippen LogP contribution in [0.4, 0.5) is 0 Å². The summed E-state index contributed by atoms with van der Waals surface area (Å²) in [6.45, 7) is 16.7. The quantitative estimate of drug-likeness (QED) is 0.245. The molecule has 0 bridgehead atoms. The molecule has 0 saturated carbocycles. The van der Waals surface area contributed by atoms with Crippen LogP contribution in [-0.4, -0.2) is 51.3 Å². The van der Waals surface area contributed by atoms with Gasteiger partial charge >= 0.3 is 14.2 Å². The summed E-state index contributed by atoms with van der Waals surface area (Å²) >= 11 is 0. The van der Waals surface area contributed by atoms with Gasteiger partial charge in [0.15, 0.2) is 5.60 Å². The molecule has 2 saturated heterocycles. The van der Waals surface area contributed by atoms with Crippen LogP contribution in [0.25, 0.3) is 32.6 Å². The lowest BCUT2D eigenvalue weighted by Gasteiger charge is -2.32. The Balaban J connectivity index is 1.55. The molecule has 2 aromatic heterocycles. The summed E-state index contributed by atoms with van der Waals surface area (Å²) < 4.78 is 24.2. The van der Waals surface area contributed by atoms with Gasteiger partial charge in [-0.25, -0.2) is 0 Å². The molecule has 0 amide bonds. The van der Waals surface area contributed by atoms with Crippen molar-refractivity contribution in [1.82, 2.24) is 9.97 Å². The van der Waals surface area contributed by atoms with Gasteiger partial charge in [0.1, 0.15) is 5.60 Å². The van der Waals surface area contributed by atoms with Crippen molar-refractivity contribution < 1.29 is 18.6 Å². The Hall–Kier alpha value is -2.51. The maximum atomic E-state index is 6.44. The number of nitrogens with zero attached hydrogens (tertiary/aromatic N) is 2. The fraction of sp³-hybridized carbons (Fsp3) is 0.429. The highest BCUT2D eigenvalue weighted by molar-refractivity contribution is 6.66. The van der Waals surface area contributed by atoms with Crippen molar-refractivity contribution in [2.45, 2.75) is 77.8 Å². The van der Waals surface area contributed by atoms with Crippen molar-refractivity contribution in [2.24, 2.45) is 0 Å².